The Labute approximate surface area is 148 Å². The lowest BCUT2D eigenvalue weighted by Gasteiger charge is -2.20. The molecule has 0 spiro atoms. The minimum Gasteiger partial charge on any atom is -0.391 e. The number of benzene rings is 1. The van der Waals surface area contributed by atoms with Crippen molar-refractivity contribution in [3.8, 4) is 0 Å². The largest absolute Gasteiger partial charge is 0.391 e. The summed E-state index contributed by atoms with van der Waals surface area (Å²) in [5.41, 5.74) is 2.75. The third-order valence-electron chi connectivity index (χ3n) is 3.94. The first-order valence-corrected chi connectivity index (χ1v) is 8.46. The summed E-state index contributed by atoms with van der Waals surface area (Å²) in [5.74, 6) is 0.403. The van der Waals surface area contributed by atoms with Crippen molar-refractivity contribution in [1.29, 1.82) is 0 Å². The maximum atomic E-state index is 9.52. The Morgan fingerprint density at radius 1 is 1.33 bits per heavy atom. The Bertz CT molecular complexity index is 600. The van der Waals surface area contributed by atoms with Gasteiger partial charge in [0.2, 0.25) is 0 Å². The van der Waals surface area contributed by atoms with Crippen LogP contribution in [0.1, 0.15) is 26.8 Å². The zero-order chi connectivity index (χ0) is 14.1. The second kappa shape index (κ2) is 7.38. The summed E-state index contributed by atoms with van der Waals surface area (Å²) in [6.07, 6.45) is 1.05. The third kappa shape index (κ3) is 3.42. The highest BCUT2D eigenvalue weighted by atomic mass is 79.9. The molecule has 0 amide bonds. The molecule has 2 aromatic rings. The standard InChI is InChI=1S/C16H18BrNOS.BrH/c1-18-8-7-12-15(17)14(10-19)20-16(12)13(9-18)11-5-3-2-4-6-11;/h2-6,13,19H,7-10H2,1H3;1H. The molecule has 2 heterocycles. The first-order chi connectivity index (χ1) is 9.70. The van der Waals surface area contributed by atoms with Crippen LogP contribution in [-0.4, -0.2) is 30.1 Å². The van der Waals surface area contributed by atoms with Crippen LogP contribution in [-0.2, 0) is 13.0 Å². The Morgan fingerprint density at radius 3 is 2.71 bits per heavy atom. The maximum Gasteiger partial charge on any atom is 0.0786 e. The zero-order valence-corrected chi connectivity index (χ0v) is 16.0. The van der Waals surface area contributed by atoms with Crippen LogP contribution >= 0.6 is 44.2 Å². The van der Waals surface area contributed by atoms with Gasteiger partial charge in [-0.3, -0.25) is 0 Å². The summed E-state index contributed by atoms with van der Waals surface area (Å²) in [6, 6.07) is 10.7. The van der Waals surface area contributed by atoms with E-state index in [-0.39, 0.29) is 23.6 Å². The quantitative estimate of drug-likeness (QED) is 0.768. The molecule has 2 nitrogen and oxygen atoms in total. The van der Waals surface area contributed by atoms with Gasteiger partial charge in [-0.15, -0.1) is 28.3 Å². The van der Waals surface area contributed by atoms with Gasteiger partial charge in [-0.05, 0) is 40.5 Å². The van der Waals surface area contributed by atoms with E-state index in [9.17, 15) is 5.11 Å². The molecule has 0 saturated carbocycles. The fourth-order valence-electron chi connectivity index (χ4n) is 2.86. The number of hydrogen-bond acceptors (Lipinski definition) is 3. The fraction of sp³-hybridized carbons (Fsp3) is 0.375. The highest BCUT2D eigenvalue weighted by Gasteiger charge is 2.27. The van der Waals surface area contributed by atoms with E-state index in [1.54, 1.807) is 11.3 Å². The SMILES string of the molecule is Br.CN1CCc2c(sc(CO)c2Br)C(c2ccccc2)C1. The number of thiophene rings is 1. The fourth-order valence-corrected chi connectivity index (χ4v) is 5.00. The molecule has 1 atom stereocenters. The Kier molecular flexibility index (Phi) is 6.03. The molecule has 1 unspecified atom stereocenters. The second-order valence-corrected chi connectivity index (χ2v) is 7.25. The van der Waals surface area contributed by atoms with Crippen LogP contribution in [0.2, 0.25) is 0 Å². The molecule has 21 heavy (non-hydrogen) atoms. The molecule has 0 radical (unpaired) electrons. The second-order valence-electron chi connectivity index (χ2n) is 5.32. The zero-order valence-electron chi connectivity index (χ0n) is 11.9. The van der Waals surface area contributed by atoms with E-state index in [1.807, 2.05) is 0 Å². The molecule has 1 aliphatic heterocycles. The predicted molar refractivity (Wildman–Crippen MR) is 97.7 cm³/mol. The van der Waals surface area contributed by atoms with Crippen molar-refractivity contribution in [3.63, 3.8) is 0 Å². The van der Waals surface area contributed by atoms with Gasteiger partial charge in [0.05, 0.1) is 6.61 Å². The number of halogens is 2. The van der Waals surface area contributed by atoms with E-state index in [2.05, 4.69) is 58.2 Å². The van der Waals surface area contributed by atoms with Gasteiger partial charge in [0, 0.05) is 33.2 Å². The average molecular weight is 433 g/mol. The van der Waals surface area contributed by atoms with Gasteiger partial charge in [-0.2, -0.15) is 0 Å². The van der Waals surface area contributed by atoms with Crippen molar-refractivity contribution >= 4 is 44.2 Å². The van der Waals surface area contributed by atoms with Crippen molar-refractivity contribution in [2.24, 2.45) is 0 Å². The minimum absolute atomic E-state index is 0. The van der Waals surface area contributed by atoms with E-state index in [1.165, 1.54) is 16.0 Å². The van der Waals surface area contributed by atoms with Crippen LogP contribution in [0, 0.1) is 0 Å². The monoisotopic (exact) mass is 431 g/mol. The van der Waals surface area contributed by atoms with E-state index in [0.717, 1.165) is 28.9 Å². The minimum atomic E-state index is 0. The third-order valence-corrected chi connectivity index (χ3v) is 6.49. The number of aliphatic hydroxyl groups excluding tert-OH is 1. The summed E-state index contributed by atoms with van der Waals surface area (Å²) < 4.78 is 1.12. The number of nitrogens with zero attached hydrogens (tertiary/aromatic N) is 1. The summed E-state index contributed by atoms with van der Waals surface area (Å²) >= 11 is 5.44. The summed E-state index contributed by atoms with van der Waals surface area (Å²) in [6.45, 7) is 2.22. The van der Waals surface area contributed by atoms with Crippen LogP contribution in [0.4, 0.5) is 0 Å². The number of fused-ring (bicyclic) bond motifs is 1. The van der Waals surface area contributed by atoms with E-state index < -0.39 is 0 Å². The highest BCUT2D eigenvalue weighted by Crippen LogP contribution is 2.42. The van der Waals surface area contributed by atoms with Crippen LogP contribution in [0.3, 0.4) is 0 Å². The topological polar surface area (TPSA) is 23.5 Å². The number of aliphatic hydroxyl groups is 1. The molecule has 1 N–H and O–H groups in total. The summed E-state index contributed by atoms with van der Waals surface area (Å²) in [4.78, 5) is 4.87. The molecule has 1 aromatic heterocycles. The molecule has 5 heteroatoms. The Morgan fingerprint density at radius 2 is 2.05 bits per heavy atom. The maximum absolute atomic E-state index is 9.52. The van der Waals surface area contributed by atoms with Crippen molar-refractivity contribution in [3.05, 3.63) is 55.7 Å². The van der Waals surface area contributed by atoms with Gasteiger partial charge in [0.1, 0.15) is 0 Å². The number of hydrogen-bond donors (Lipinski definition) is 1. The van der Waals surface area contributed by atoms with E-state index in [4.69, 9.17) is 0 Å². The average Bonchev–Trinajstić information content (AvgIpc) is 2.69. The van der Waals surface area contributed by atoms with Gasteiger partial charge in [0.25, 0.3) is 0 Å². The summed E-state index contributed by atoms with van der Waals surface area (Å²) in [5, 5.41) is 9.52. The van der Waals surface area contributed by atoms with Gasteiger partial charge in [0.15, 0.2) is 0 Å². The Hall–Kier alpha value is -0.200. The highest BCUT2D eigenvalue weighted by molar-refractivity contribution is 9.10. The molecular weight excluding hydrogens is 414 g/mol. The van der Waals surface area contributed by atoms with Gasteiger partial charge < -0.3 is 10.0 Å². The molecular formula is C16H19Br2NOS. The normalized spacial score (nSPS) is 18.7. The lowest BCUT2D eigenvalue weighted by molar-refractivity contribution is 0.284. The van der Waals surface area contributed by atoms with Gasteiger partial charge in [-0.1, -0.05) is 30.3 Å². The molecule has 1 aromatic carbocycles. The molecule has 0 aliphatic carbocycles. The van der Waals surface area contributed by atoms with Crippen LogP contribution < -0.4 is 0 Å². The first-order valence-electron chi connectivity index (χ1n) is 6.85. The van der Waals surface area contributed by atoms with Gasteiger partial charge in [-0.25, -0.2) is 0 Å². The number of likely N-dealkylation sites (N-methyl/N-ethyl adjacent to an activating group) is 1. The van der Waals surface area contributed by atoms with Crippen molar-refractivity contribution in [1.82, 2.24) is 4.90 Å². The van der Waals surface area contributed by atoms with Crippen LogP contribution in [0.25, 0.3) is 0 Å². The molecule has 1 aliphatic rings. The molecule has 3 rings (SSSR count). The van der Waals surface area contributed by atoms with Crippen LogP contribution in [0.5, 0.6) is 0 Å². The van der Waals surface area contributed by atoms with E-state index >= 15 is 0 Å². The van der Waals surface area contributed by atoms with Gasteiger partial charge >= 0.3 is 0 Å². The van der Waals surface area contributed by atoms with Crippen molar-refractivity contribution in [2.75, 3.05) is 20.1 Å². The molecule has 0 fully saturated rings. The predicted octanol–water partition coefficient (Wildman–Crippen LogP) is 4.20. The lowest BCUT2D eigenvalue weighted by atomic mass is 9.95. The first kappa shape index (κ1) is 17.2. The van der Waals surface area contributed by atoms with Crippen molar-refractivity contribution in [2.45, 2.75) is 18.9 Å². The van der Waals surface area contributed by atoms with E-state index in [0.29, 0.717) is 5.92 Å². The lowest BCUT2D eigenvalue weighted by Crippen LogP contribution is -2.24. The number of rotatable bonds is 2. The summed E-state index contributed by atoms with van der Waals surface area (Å²) in [7, 11) is 2.19. The smallest absolute Gasteiger partial charge is 0.0786 e. The molecule has 0 saturated heterocycles. The molecule has 114 valence electrons. The van der Waals surface area contributed by atoms with Crippen LogP contribution in [0.15, 0.2) is 34.8 Å². The van der Waals surface area contributed by atoms with Crippen molar-refractivity contribution < 1.29 is 5.11 Å². The Balaban J connectivity index is 0.00000161. The molecule has 0 bridgehead atoms.